The Labute approximate surface area is 114 Å². The topological polar surface area (TPSA) is 79.9 Å². The van der Waals surface area contributed by atoms with Crippen molar-refractivity contribution in [3.63, 3.8) is 0 Å². The van der Waals surface area contributed by atoms with E-state index in [2.05, 4.69) is 10.2 Å². The molecular formula is C14H10N2O3S. The molecule has 5 nitrogen and oxygen atoms in total. The van der Waals surface area contributed by atoms with E-state index < -0.39 is 15.4 Å². The van der Waals surface area contributed by atoms with Gasteiger partial charge in [0.15, 0.2) is 5.03 Å². The molecular weight excluding hydrogens is 276 g/mol. The minimum atomic E-state index is -3.76. The van der Waals surface area contributed by atoms with Gasteiger partial charge in [-0.25, -0.2) is 13.5 Å². The maximum absolute atomic E-state index is 12.6. The summed E-state index contributed by atoms with van der Waals surface area (Å²) in [6.45, 7) is 0. The van der Waals surface area contributed by atoms with Crippen LogP contribution in [0.25, 0.3) is 10.8 Å². The summed E-state index contributed by atoms with van der Waals surface area (Å²) in [6.07, 6.45) is 0. The predicted octanol–water partition coefficient (Wildman–Crippen LogP) is 1.76. The first-order valence-corrected chi connectivity index (χ1v) is 7.36. The summed E-state index contributed by atoms with van der Waals surface area (Å²) >= 11 is 0. The molecule has 3 aromatic rings. The summed E-state index contributed by atoms with van der Waals surface area (Å²) in [5, 5.41) is 7.03. The molecule has 0 saturated carbocycles. The highest BCUT2D eigenvalue weighted by Gasteiger charge is 2.21. The van der Waals surface area contributed by atoms with Crippen LogP contribution in [0, 0.1) is 0 Å². The number of hydrogen-bond acceptors (Lipinski definition) is 4. The van der Waals surface area contributed by atoms with Crippen molar-refractivity contribution in [1.82, 2.24) is 10.2 Å². The molecule has 0 aliphatic heterocycles. The molecule has 0 radical (unpaired) electrons. The maximum atomic E-state index is 12.6. The van der Waals surface area contributed by atoms with Gasteiger partial charge in [0, 0.05) is 11.5 Å². The van der Waals surface area contributed by atoms with Crippen LogP contribution in [-0.4, -0.2) is 18.6 Å². The van der Waals surface area contributed by atoms with Crippen molar-refractivity contribution < 1.29 is 8.42 Å². The fourth-order valence-electron chi connectivity index (χ4n) is 2.02. The fourth-order valence-corrected chi connectivity index (χ4v) is 3.40. The molecule has 1 aromatic heterocycles. The Bertz CT molecular complexity index is 920. The zero-order valence-electron chi connectivity index (χ0n) is 10.3. The molecule has 0 aliphatic carbocycles. The van der Waals surface area contributed by atoms with Crippen molar-refractivity contribution in [3.8, 4) is 0 Å². The van der Waals surface area contributed by atoms with Gasteiger partial charge >= 0.3 is 0 Å². The molecule has 20 heavy (non-hydrogen) atoms. The van der Waals surface area contributed by atoms with E-state index >= 15 is 0 Å². The molecule has 0 fully saturated rings. The van der Waals surface area contributed by atoms with E-state index in [1.54, 1.807) is 18.2 Å². The monoisotopic (exact) mass is 286 g/mol. The van der Waals surface area contributed by atoms with Gasteiger partial charge in [-0.3, -0.25) is 4.79 Å². The Kier molecular flexibility index (Phi) is 2.87. The Morgan fingerprint density at radius 1 is 0.900 bits per heavy atom. The number of aromatic amines is 1. The van der Waals surface area contributed by atoms with Crippen LogP contribution in [0.15, 0.2) is 69.3 Å². The SMILES string of the molecule is O=c1ccc(S(=O)(=O)c2cccc3ccccc23)n[nH]1. The highest BCUT2D eigenvalue weighted by molar-refractivity contribution is 7.91. The van der Waals surface area contributed by atoms with Crippen molar-refractivity contribution in [2.24, 2.45) is 0 Å². The highest BCUT2D eigenvalue weighted by Crippen LogP contribution is 2.26. The number of fused-ring (bicyclic) bond motifs is 1. The average molecular weight is 286 g/mol. The first-order valence-electron chi connectivity index (χ1n) is 5.87. The van der Waals surface area contributed by atoms with Crippen molar-refractivity contribution in [3.05, 3.63) is 65.0 Å². The van der Waals surface area contributed by atoms with E-state index in [0.717, 1.165) is 11.5 Å². The van der Waals surface area contributed by atoms with Crippen LogP contribution in [0.1, 0.15) is 0 Å². The fraction of sp³-hybridized carbons (Fsp3) is 0. The number of nitrogens with zero attached hydrogens (tertiary/aromatic N) is 1. The summed E-state index contributed by atoms with van der Waals surface area (Å²) in [5.41, 5.74) is -0.443. The van der Waals surface area contributed by atoms with Gasteiger partial charge in [0.2, 0.25) is 9.84 Å². The number of rotatable bonds is 2. The number of hydrogen-bond donors (Lipinski definition) is 1. The largest absolute Gasteiger partial charge is 0.268 e. The lowest BCUT2D eigenvalue weighted by Gasteiger charge is -2.06. The van der Waals surface area contributed by atoms with Crippen LogP contribution in [0.2, 0.25) is 0 Å². The smallest absolute Gasteiger partial charge is 0.264 e. The second-order valence-electron chi connectivity index (χ2n) is 4.24. The van der Waals surface area contributed by atoms with Crippen molar-refractivity contribution in [2.75, 3.05) is 0 Å². The van der Waals surface area contributed by atoms with E-state index in [0.29, 0.717) is 5.39 Å². The lowest BCUT2D eigenvalue weighted by Crippen LogP contribution is -2.12. The molecule has 1 heterocycles. The lowest BCUT2D eigenvalue weighted by atomic mass is 10.1. The van der Waals surface area contributed by atoms with Crippen LogP contribution >= 0.6 is 0 Å². The Morgan fingerprint density at radius 2 is 1.65 bits per heavy atom. The van der Waals surface area contributed by atoms with Gasteiger partial charge in [0.05, 0.1) is 4.90 Å². The first-order chi connectivity index (χ1) is 9.59. The Balaban J connectivity index is 2.29. The van der Waals surface area contributed by atoms with E-state index in [9.17, 15) is 13.2 Å². The zero-order valence-corrected chi connectivity index (χ0v) is 11.1. The highest BCUT2D eigenvalue weighted by atomic mass is 32.2. The molecule has 100 valence electrons. The van der Waals surface area contributed by atoms with Crippen LogP contribution in [0.5, 0.6) is 0 Å². The molecule has 2 aromatic carbocycles. The molecule has 0 bridgehead atoms. The number of sulfone groups is 1. The van der Waals surface area contributed by atoms with Crippen molar-refractivity contribution in [1.29, 1.82) is 0 Å². The number of H-pyrrole nitrogens is 1. The van der Waals surface area contributed by atoms with Gasteiger partial charge in [-0.2, -0.15) is 5.10 Å². The second-order valence-corrected chi connectivity index (χ2v) is 6.11. The van der Waals surface area contributed by atoms with E-state index in [1.165, 1.54) is 12.1 Å². The van der Waals surface area contributed by atoms with Gasteiger partial charge in [-0.1, -0.05) is 36.4 Å². The standard InChI is InChI=1S/C14H10N2O3S/c17-13-8-9-14(16-15-13)20(18,19)12-7-3-5-10-4-1-2-6-11(10)12/h1-9H,(H,15,17). The molecule has 0 saturated heterocycles. The lowest BCUT2D eigenvalue weighted by molar-refractivity contribution is 0.590. The first kappa shape index (κ1) is 12.6. The summed E-state index contributed by atoms with van der Waals surface area (Å²) in [7, 11) is -3.76. The number of aromatic nitrogens is 2. The van der Waals surface area contributed by atoms with Crippen molar-refractivity contribution >= 4 is 20.6 Å². The summed E-state index contributed by atoms with van der Waals surface area (Å²) in [5.74, 6) is 0. The van der Waals surface area contributed by atoms with Crippen LogP contribution in [0.3, 0.4) is 0 Å². The molecule has 0 aliphatic rings. The minimum Gasteiger partial charge on any atom is -0.268 e. The van der Waals surface area contributed by atoms with E-state index in [-0.39, 0.29) is 9.92 Å². The molecule has 1 N–H and O–H groups in total. The van der Waals surface area contributed by atoms with Gasteiger partial charge in [0.1, 0.15) is 0 Å². The van der Waals surface area contributed by atoms with Gasteiger partial charge < -0.3 is 0 Å². The summed E-state index contributed by atoms with van der Waals surface area (Å²) in [6, 6.07) is 14.6. The van der Waals surface area contributed by atoms with Gasteiger partial charge in [-0.15, -0.1) is 0 Å². The average Bonchev–Trinajstić information content (AvgIpc) is 2.47. The van der Waals surface area contributed by atoms with Crippen molar-refractivity contribution in [2.45, 2.75) is 9.92 Å². The van der Waals surface area contributed by atoms with Crippen LogP contribution in [0.4, 0.5) is 0 Å². The number of benzene rings is 2. The van der Waals surface area contributed by atoms with Crippen LogP contribution < -0.4 is 5.56 Å². The van der Waals surface area contributed by atoms with E-state index in [1.807, 2.05) is 18.2 Å². The molecule has 0 spiro atoms. The zero-order chi connectivity index (χ0) is 14.2. The quantitative estimate of drug-likeness (QED) is 0.778. The van der Waals surface area contributed by atoms with Gasteiger partial charge in [-0.05, 0) is 17.5 Å². The summed E-state index contributed by atoms with van der Waals surface area (Å²) in [4.78, 5) is 11.2. The molecule has 0 atom stereocenters. The molecule has 3 rings (SSSR count). The van der Waals surface area contributed by atoms with Crippen LogP contribution in [-0.2, 0) is 9.84 Å². The predicted molar refractivity (Wildman–Crippen MR) is 74.3 cm³/mol. The Morgan fingerprint density at radius 3 is 2.40 bits per heavy atom. The van der Waals surface area contributed by atoms with E-state index in [4.69, 9.17) is 0 Å². The third-order valence-electron chi connectivity index (χ3n) is 2.97. The molecule has 0 amide bonds. The minimum absolute atomic E-state index is 0.173. The molecule has 0 unspecified atom stereocenters. The molecule has 6 heteroatoms. The third-order valence-corrected chi connectivity index (χ3v) is 4.68. The Hall–Kier alpha value is -2.47. The number of nitrogens with one attached hydrogen (secondary N) is 1. The normalized spacial score (nSPS) is 11.6. The maximum Gasteiger partial charge on any atom is 0.264 e. The third kappa shape index (κ3) is 2.00. The van der Waals surface area contributed by atoms with Gasteiger partial charge in [0.25, 0.3) is 5.56 Å². The second kappa shape index (κ2) is 4.57. The summed E-state index contributed by atoms with van der Waals surface area (Å²) < 4.78 is 25.1.